The number of halogens is 1. The van der Waals surface area contributed by atoms with Gasteiger partial charge in [0, 0.05) is 16.3 Å². The molecular formula is C18H15ClN4O2. The Morgan fingerprint density at radius 3 is 2.16 bits per heavy atom. The second-order valence-electron chi connectivity index (χ2n) is 5.12. The zero-order chi connectivity index (χ0) is 17.6. The van der Waals surface area contributed by atoms with Crippen LogP contribution in [-0.2, 0) is 0 Å². The second kappa shape index (κ2) is 7.63. The molecule has 1 aromatic heterocycles. The SMILES string of the molecule is COc1ccc(C(=O)Nc2ccc(Nc3ccc(Cl)cc3)nn2)cc1. The van der Waals surface area contributed by atoms with Gasteiger partial charge in [-0.1, -0.05) is 11.6 Å². The summed E-state index contributed by atoms with van der Waals surface area (Å²) in [5, 5.41) is 14.5. The third kappa shape index (κ3) is 4.45. The van der Waals surface area contributed by atoms with Gasteiger partial charge in [-0.25, -0.2) is 0 Å². The van der Waals surface area contributed by atoms with Crippen LogP contribution in [0.3, 0.4) is 0 Å². The van der Waals surface area contributed by atoms with Crippen molar-refractivity contribution >= 4 is 34.8 Å². The number of nitrogens with zero attached hydrogens (tertiary/aromatic N) is 2. The summed E-state index contributed by atoms with van der Waals surface area (Å²) in [6, 6.07) is 17.4. The summed E-state index contributed by atoms with van der Waals surface area (Å²) in [4.78, 5) is 12.2. The first-order valence-corrected chi connectivity index (χ1v) is 7.83. The largest absolute Gasteiger partial charge is 0.497 e. The fourth-order valence-corrected chi connectivity index (χ4v) is 2.20. The summed E-state index contributed by atoms with van der Waals surface area (Å²) < 4.78 is 5.07. The molecule has 7 heteroatoms. The number of rotatable bonds is 5. The fourth-order valence-electron chi connectivity index (χ4n) is 2.08. The first-order valence-electron chi connectivity index (χ1n) is 7.46. The Kier molecular flexibility index (Phi) is 5.11. The zero-order valence-electron chi connectivity index (χ0n) is 13.4. The molecule has 25 heavy (non-hydrogen) atoms. The van der Waals surface area contributed by atoms with Crippen LogP contribution in [0.1, 0.15) is 10.4 Å². The molecule has 0 aliphatic carbocycles. The van der Waals surface area contributed by atoms with Gasteiger partial charge in [0.1, 0.15) is 5.75 Å². The Balaban J connectivity index is 1.63. The van der Waals surface area contributed by atoms with Crippen LogP contribution in [0.2, 0.25) is 5.02 Å². The summed E-state index contributed by atoms with van der Waals surface area (Å²) in [6.45, 7) is 0. The van der Waals surface area contributed by atoms with Crippen molar-refractivity contribution in [3.63, 3.8) is 0 Å². The van der Waals surface area contributed by atoms with E-state index in [1.807, 2.05) is 12.1 Å². The van der Waals surface area contributed by atoms with E-state index in [-0.39, 0.29) is 5.91 Å². The summed E-state index contributed by atoms with van der Waals surface area (Å²) in [6.07, 6.45) is 0. The summed E-state index contributed by atoms with van der Waals surface area (Å²) in [5.74, 6) is 1.34. The molecule has 1 heterocycles. The minimum absolute atomic E-state index is 0.268. The van der Waals surface area contributed by atoms with Gasteiger partial charge in [0.05, 0.1) is 7.11 Å². The predicted octanol–water partition coefficient (Wildman–Crippen LogP) is 4.13. The van der Waals surface area contributed by atoms with E-state index in [0.29, 0.717) is 28.0 Å². The summed E-state index contributed by atoms with van der Waals surface area (Å²) >= 11 is 5.85. The van der Waals surface area contributed by atoms with Gasteiger partial charge < -0.3 is 15.4 Å². The Labute approximate surface area is 149 Å². The van der Waals surface area contributed by atoms with E-state index in [9.17, 15) is 4.79 Å². The topological polar surface area (TPSA) is 76.1 Å². The van der Waals surface area contributed by atoms with Crippen LogP contribution < -0.4 is 15.4 Å². The molecular weight excluding hydrogens is 340 g/mol. The van der Waals surface area contributed by atoms with E-state index >= 15 is 0 Å². The lowest BCUT2D eigenvalue weighted by atomic mass is 10.2. The molecule has 3 aromatic rings. The van der Waals surface area contributed by atoms with Gasteiger partial charge in [0.2, 0.25) is 0 Å². The lowest BCUT2D eigenvalue weighted by molar-refractivity contribution is 0.102. The normalized spacial score (nSPS) is 10.2. The molecule has 2 N–H and O–H groups in total. The lowest BCUT2D eigenvalue weighted by Crippen LogP contribution is -2.13. The Morgan fingerprint density at radius 2 is 1.56 bits per heavy atom. The molecule has 0 aliphatic rings. The lowest BCUT2D eigenvalue weighted by Gasteiger charge is -2.07. The molecule has 0 bridgehead atoms. The van der Waals surface area contributed by atoms with E-state index in [1.54, 1.807) is 55.6 Å². The van der Waals surface area contributed by atoms with Gasteiger partial charge in [-0.3, -0.25) is 4.79 Å². The van der Waals surface area contributed by atoms with Gasteiger partial charge in [-0.2, -0.15) is 0 Å². The summed E-state index contributed by atoms with van der Waals surface area (Å²) in [5.41, 5.74) is 1.35. The molecule has 126 valence electrons. The van der Waals surface area contributed by atoms with Gasteiger partial charge in [0.15, 0.2) is 11.6 Å². The highest BCUT2D eigenvalue weighted by Gasteiger charge is 2.07. The number of methoxy groups -OCH3 is 1. The number of aromatic nitrogens is 2. The van der Waals surface area contributed by atoms with E-state index in [1.165, 1.54) is 0 Å². The highest BCUT2D eigenvalue weighted by Crippen LogP contribution is 2.18. The van der Waals surface area contributed by atoms with Crippen molar-refractivity contribution in [3.8, 4) is 5.75 Å². The van der Waals surface area contributed by atoms with E-state index in [2.05, 4.69) is 20.8 Å². The van der Waals surface area contributed by atoms with Crippen molar-refractivity contribution in [1.82, 2.24) is 10.2 Å². The highest BCUT2D eigenvalue weighted by molar-refractivity contribution is 6.30. The number of benzene rings is 2. The predicted molar refractivity (Wildman–Crippen MR) is 97.7 cm³/mol. The first-order chi connectivity index (χ1) is 12.1. The number of amides is 1. The van der Waals surface area contributed by atoms with Gasteiger partial charge in [-0.05, 0) is 60.7 Å². The molecule has 0 fully saturated rings. The van der Waals surface area contributed by atoms with Gasteiger partial charge in [0.25, 0.3) is 5.91 Å². The zero-order valence-corrected chi connectivity index (χ0v) is 14.1. The molecule has 0 unspecified atom stereocenters. The van der Waals surface area contributed by atoms with Crippen LogP contribution in [0.25, 0.3) is 0 Å². The van der Waals surface area contributed by atoms with Crippen LogP contribution in [0, 0.1) is 0 Å². The number of hydrogen-bond donors (Lipinski definition) is 2. The van der Waals surface area contributed by atoms with Crippen LogP contribution >= 0.6 is 11.6 Å². The van der Waals surface area contributed by atoms with Crippen LogP contribution in [0.15, 0.2) is 60.7 Å². The fraction of sp³-hybridized carbons (Fsp3) is 0.0556. The third-order valence-electron chi connectivity index (χ3n) is 3.37. The van der Waals surface area contributed by atoms with Crippen LogP contribution in [-0.4, -0.2) is 23.2 Å². The molecule has 3 rings (SSSR count). The highest BCUT2D eigenvalue weighted by atomic mass is 35.5. The maximum Gasteiger partial charge on any atom is 0.256 e. The molecule has 1 amide bonds. The standard InChI is InChI=1S/C18H15ClN4O2/c1-25-15-8-2-12(3-9-15)18(24)21-17-11-10-16(22-23-17)20-14-6-4-13(19)5-7-14/h2-11H,1H3,(H,20,22)(H,21,23,24). The van der Waals surface area contributed by atoms with E-state index < -0.39 is 0 Å². The molecule has 6 nitrogen and oxygen atoms in total. The van der Waals surface area contributed by atoms with Crippen molar-refractivity contribution in [3.05, 3.63) is 71.2 Å². The monoisotopic (exact) mass is 354 g/mol. The van der Waals surface area contributed by atoms with Crippen molar-refractivity contribution in [2.45, 2.75) is 0 Å². The average Bonchev–Trinajstić information content (AvgIpc) is 2.65. The molecule has 0 spiro atoms. The minimum Gasteiger partial charge on any atom is -0.497 e. The Bertz CT molecular complexity index is 850. The maximum atomic E-state index is 12.2. The number of nitrogens with one attached hydrogen (secondary N) is 2. The summed E-state index contributed by atoms with van der Waals surface area (Å²) in [7, 11) is 1.57. The first kappa shape index (κ1) is 16.7. The van der Waals surface area contributed by atoms with Gasteiger partial charge in [-0.15, -0.1) is 10.2 Å². The Morgan fingerprint density at radius 1 is 0.920 bits per heavy atom. The number of carbonyl (C=O) groups is 1. The average molecular weight is 355 g/mol. The van der Waals surface area contributed by atoms with E-state index in [4.69, 9.17) is 16.3 Å². The van der Waals surface area contributed by atoms with Crippen LogP contribution in [0.4, 0.5) is 17.3 Å². The van der Waals surface area contributed by atoms with Crippen LogP contribution in [0.5, 0.6) is 5.75 Å². The molecule has 0 saturated heterocycles. The van der Waals surface area contributed by atoms with Crippen molar-refractivity contribution in [1.29, 1.82) is 0 Å². The molecule has 0 atom stereocenters. The second-order valence-corrected chi connectivity index (χ2v) is 5.55. The Hall–Kier alpha value is -3.12. The smallest absolute Gasteiger partial charge is 0.256 e. The minimum atomic E-state index is -0.268. The quantitative estimate of drug-likeness (QED) is 0.720. The molecule has 0 radical (unpaired) electrons. The molecule has 2 aromatic carbocycles. The van der Waals surface area contributed by atoms with Crippen molar-refractivity contribution < 1.29 is 9.53 Å². The van der Waals surface area contributed by atoms with E-state index in [0.717, 1.165) is 5.69 Å². The number of anilines is 3. The third-order valence-corrected chi connectivity index (χ3v) is 3.63. The van der Waals surface area contributed by atoms with Gasteiger partial charge >= 0.3 is 0 Å². The van der Waals surface area contributed by atoms with Crippen molar-refractivity contribution in [2.75, 3.05) is 17.7 Å². The number of carbonyl (C=O) groups excluding carboxylic acids is 1. The molecule has 0 saturated carbocycles. The molecule has 0 aliphatic heterocycles. The number of ether oxygens (including phenoxy) is 1. The number of hydrogen-bond acceptors (Lipinski definition) is 5. The van der Waals surface area contributed by atoms with Crippen molar-refractivity contribution in [2.24, 2.45) is 0 Å². The maximum absolute atomic E-state index is 12.2.